The number of anilines is 1. The molecule has 25 heavy (non-hydrogen) atoms. The molecule has 0 N–H and O–H groups in total. The molecule has 3 aromatic heterocycles. The zero-order chi connectivity index (χ0) is 16.9. The third-order valence-corrected chi connectivity index (χ3v) is 4.45. The Morgan fingerprint density at radius 1 is 0.960 bits per heavy atom. The second-order valence-electron chi connectivity index (χ2n) is 6.15. The highest BCUT2D eigenvalue weighted by Gasteiger charge is 2.20. The van der Waals surface area contributed by atoms with E-state index in [0.29, 0.717) is 13.2 Å². The van der Waals surface area contributed by atoms with Gasteiger partial charge in [-0.25, -0.2) is 4.98 Å². The minimum absolute atomic E-state index is 0.567. The predicted molar refractivity (Wildman–Crippen MR) is 96.0 cm³/mol. The van der Waals surface area contributed by atoms with Crippen molar-refractivity contribution in [3.05, 3.63) is 83.6 Å². The van der Waals surface area contributed by atoms with E-state index in [9.17, 15) is 0 Å². The molecule has 5 nitrogen and oxygen atoms in total. The topological polar surface area (TPSA) is 51.1 Å². The molecular formula is C20H20N4O. The van der Waals surface area contributed by atoms with Gasteiger partial charge >= 0.3 is 0 Å². The molecule has 0 fully saturated rings. The second-order valence-corrected chi connectivity index (χ2v) is 6.15. The summed E-state index contributed by atoms with van der Waals surface area (Å²) in [7, 11) is 0. The highest BCUT2D eigenvalue weighted by atomic mass is 16.5. The highest BCUT2D eigenvalue weighted by Crippen LogP contribution is 2.25. The summed E-state index contributed by atoms with van der Waals surface area (Å²) in [5, 5.41) is 0. The van der Waals surface area contributed by atoms with Crippen molar-refractivity contribution in [2.45, 2.75) is 26.2 Å². The zero-order valence-corrected chi connectivity index (χ0v) is 14.0. The van der Waals surface area contributed by atoms with Gasteiger partial charge < -0.3 is 9.64 Å². The Balaban J connectivity index is 1.44. The van der Waals surface area contributed by atoms with Gasteiger partial charge in [-0.3, -0.25) is 9.97 Å². The van der Waals surface area contributed by atoms with Crippen molar-refractivity contribution in [1.29, 1.82) is 0 Å². The van der Waals surface area contributed by atoms with E-state index < -0.39 is 0 Å². The van der Waals surface area contributed by atoms with E-state index in [1.807, 2.05) is 49.1 Å². The van der Waals surface area contributed by atoms with Crippen molar-refractivity contribution in [1.82, 2.24) is 15.0 Å². The number of nitrogens with zero attached hydrogens (tertiary/aromatic N) is 4. The van der Waals surface area contributed by atoms with E-state index in [1.54, 1.807) is 6.20 Å². The van der Waals surface area contributed by atoms with Crippen molar-refractivity contribution in [3.8, 4) is 0 Å². The van der Waals surface area contributed by atoms with Crippen molar-refractivity contribution < 1.29 is 4.74 Å². The van der Waals surface area contributed by atoms with E-state index in [4.69, 9.17) is 4.74 Å². The summed E-state index contributed by atoms with van der Waals surface area (Å²) >= 11 is 0. The van der Waals surface area contributed by atoms with Crippen molar-refractivity contribution in [2.75, 3.05) is 11.4 Å². The third-order valence-electron chi connectivity index (χ3n) is 4.45. The normalized spacial score (nSPS) is 13.5. The Labute approximate surface area is 147 Å². The molecule has 0 saturated carbocycles. The molecule has 0 saturated heterocycles. The lowest BCUT2D eigenvalue weighted by Crippen LogP contribution is -2.31. The minimum atomic E-state index is 0.567. The fourth-order valence-electron chi connectivity index (χ4n) is 3.19. The van der Waals surface area contributed by atoms with Crippen LogP contribution in [0.2, 0.25) is 0 Å². The van der Waals surface area contributed by atoms with Crippen molar-refractivity contribution >= 4 is 5.82 Å². The van der Waals surface area contributed by atoms with Gasteiger partial charge in [0.05, 0.1) is 13.2 Å². The van der Waals surface area contributed by atoms with Gasteiger partial charge in [0, 0.05) is 44.1 Å². The van der Waals surface area contributed by atoms with Gasteiger partial charge in [0.1, 0.15) is 5.82 Å². The van der Waals surface area contributed by atoms with Gasteiger partial charge in [-0.15, -0.1) is 0 Å². The van der Waals surface area contributed by atoms with Crippen LogP contribution in [0.5, 0.6) is 0 Å². The quantitative estimate of drug-likeness (QED) is 0.718. The molecule has 0 amide bonds. The highest BCUT2D eigenvalue weighted by molar-refractivity contribution is 5.44. The number of hydrogen-bond donors (Lipinski definition) is 0. The lowest BCUT2D eigenvalue weighted by molar-refractivity contribution is 0.106. The SMILES string of the molecule is c1ccc(N2CCc3c(COCc4cccnc4)cncc3C2)nc1. The Morgan fingerprint density at radius 3 is 2.80 bits per heavy atom. The fraction of sp³-hybridized carbons (Fsp3) is 0.250. The molecule has 1 aliphatic heterocycles. The molecule has 4 heterocycles. The van der Waals surface area contributed by atoms with E-state index in [1.165, 1.54) is 16.7 Å². The van der Waals surface area contributed by atoms with Crippen LogP contribution in [0, 0.1) is 0 Å². The van der Waals surface area contributed by atoms with Crippen LogP contribution in [0.3, 0.4) is 0 Å². The molecule has 5 heteroatoms. The number of hydrogen-bond acceptors (Lipinski definition) is 5. The molecule has 0 unspecified atom stereocenters. The lowest BCUT2D eigenvalue weighted by Gasteiger charge is -2.30. The van der Waals surface area contributed by atoms with E-state index in [0.717, 1.165) is 30.9 Å². The number of aromatic nitrogens is 3. The lowest BCUT2D eigenvalue weighted by atomic mass is 9.97. The van der Waals surface area contributed by atoms with Crippen molar-refractivity contribution in [2.24, 2.45) is 0 Å². The summed E-state index contributed by atoms with van der Waals surface area (Å²) in [5.41, 5.74) is 4.90. The van der Waals surface area contributed by atoms with Crippen LogP contribution in [-0.4, -0.2) is 21.5 Å². The summed E-state index contributed by atoms with van der Waals surface area (Å²) < 4.78 is 5.88. The van der Waals surface area contributed by atoms with Crippen LogP contribution < -0.4 is 4.90 Å². The largest absolute Gasteiger partial charge is 0.372 e. The first-order chi connectivity index (χ1) is 12.4. The van der Waals surface area contributed by atoms with E-state index in [-0.39, 0.29) is 0 Å². The number of pyridine rings is 3. The van der Waals surface area contributed by atoms with Gasteiger partial charge in [0.25, 0.3) is 0 Å². The van der Waals surface area contributed by atoms with Crippen LogP contribution in [0.15, 0.2) is 61.3 Å². The van der Waals surface area contributed by atoms with Gasteiger partial charge in [0.15, 0.2) is 0 Å². The first kappa shape index (κ1) is 15.7. The standard InChI is InChI=1S/C20H20N4O/c1-2-8-23-20(5-1)24-9-6-19-17(13-24)11-22-12-18(19)15-25-14-16-4-3-7-21-10-16/h1-5,7-8,10-12H,6,9,13-15H2. The molecule has 0 atom stereocenters. The number of rotatable bonds is 5. The van der Waals surface area contributed by atoms with Gasteiger partial charge in [-0.05, 0) is 46.9 Å². The monoisotopic (exact) mass is 332 g/mol. The summed E-state index contributed by atoms with van der Waals surface area (Å²) in [6.07, 6.45) is 10.3. The summed E-state index contributed by atoms with van der Waals surface area (Å²) in [4.78, 5) is 15.3. The third kappa shape index (κ3) is 3.67. The van der Waals surface area contributed by atoms with Gasteiger partial charge in [-0.1, -0.05) is 12.1 Å². The smallest absolute Gasteiger partial charge is 0.128 e. The van der Waals surface area contributed by atoms with Crippen LogP contribution >= 0.6 is 0 Å². The summed E-state index contributed by atoms with van der Waals surface area (Å²) in [6, 6.07) is 9.98. The molecule has 4 rings (SSSR count). The van der Waals surface area contributed by atoms with Crippen LogP contribution in [0.25, 0.3) is 0 Å². The second kappa shape index (κ2) is 7.40. The average Bonchev–Trinajstić information content (AvgIpc) is 2.69. The molecule has 1 aliphatic rings. The zero-order valence-electron chi connectivity index (χ0n) is 14.0. The molecule has 126 valence electrons. The van der Waals surface area contributed by atoms with Crippen LogP contribution in [0.1, 0.15) is 22.3 Å². The Morgan fingerprint density at radius 2 is 1.96 bits per heavy atom. The van der Waals surface area contributed by atoms with E-state index >= 15 is 0 Å². The molecule has 0 radical (unpaired) electrons. The maximum Gasteiger partial charge on any atom is 0.128 e. The maximum absolute atomic E-state index is 5.88. The van der Waals surface area contributed by atoms with E-state index in [2.05, 4.69) is 25.9 Å². The predicted octanol–water partition coefficient (Wildman–Crippen LogP) is 3.15. The summed E-state index contributed by atoms with van der Waals surface area (Å²) in [6.45, 7) is 2.95. The number of fused-ring (bicyclic) bond motifs is 1. The number of ether oxygens (including phenoxy) is 1. The Hall–Kier alpha value is -2.79. The van der Waals surface area contributed by atoms with Crippen LogP contribution in [0.4, 0.5) is 5.82 Å². The fourth-order valence-corrected chi connectivity index (χ4v) is 3.19. The van der Waals surface area contributed by atoms with Crippen molar-refractivity contribution in [3.63, 3.8) is 0 Å². The molecule has 3 aromatic rings. The molecule has 0 aliphatic carbocycles. The minimum Gasteiger partial charge on any atom is -0.372 e. The van der Waals surface area contributed by atoms with Crippen LogP contribution in [-0.2, 0) is 30.9 Å². The first-order valence-electron chi connectivity index (χ1n) is 8.47. The molecular weight excluding hydrogens is 312 g/mol. The van der Waals surface area contributed by atoms with Gasteiger partial charge in [0.2, 0.25) is 0 Å². The maximum atomic E-state index is 5.88. The average molecular weight is 332 g/mol. The van der Waals surface area contributed by atoms with Gasteiger partial charge in [-0.2, -0.15) is 0 Å². The molecule has 0 bridgehead atoms. The Kier molecular flexibility index (Phi) is 4.65. The first-order valence-corrected chi connectivity index (χ1v) is 8.47. The Bertz CT molecular complexity index is 824. The summed E-state index contributed by atoms with van der Waals surface area (Å²) in [5.74, 6) is 1.02. The molecule has 0 spiro atoms. The molecule has 0 aromatic carbocycles.